The van der Waals surface area contributed by atoms with Crippen molar-refractivity contribution in [3.8, 4) is 11.4 Å². The number of aromatic amines is 1. The van der Waals surface area contributed by atoms with Gasteiger partial charge in [0.05, 0.1) is 6.54 Å². The number of nitrogens with zero attached hydrogens (tertiary/aromatic N) is 3. The molecule has 0 unspecified atom stereocenters. The van der Waals surface area contributed by atoms with Crippen LogP contribution in [0.3, 0.4) is 0 Å². The molecule has 3 rings (SSSR count). The van der Waals surface area contributed by atoms with Gasteiger partial charge in [-0.15, -0.1) is 0 Å². The number of benzene rings is 1. The van der Waals surface area contributed by atoms with Crippen LogP contribution >= 0.6 is 23.8 Å². The van der Waals surface area contributed by atoms with Crippen LogP contribution in [0.15, 0.2) is 48.8 Å². The third-order valence-corrected chi connectivity index (χ3v) is 3.50. The zero-order valence-electron chi connectivity index (χ0n) is 10.5. The fraction of sp³-hybridized carbons (Fsp3) is 0.0714. The number of H-pyrrole nitrogens is 1. The number of aromatic nitrogens is 4. The second-order valence-electron chi connectivity index (χ2n) is 4.31. The lowest BCUT2D eigenvalue weighted by Crippen LogP contribution is -2.02. The van der Waals surface area contributed by atoms with E-state index in [4.69, 9.17) is 23.8 Å². The van der Waals surface area contributed by atoms with E-state index in [1.54, 1.807) is 12.4 Å². The molecule has 1 aromatic carbocycles. The van der Waals surface area contributed by atoms with Gasteiger partial charge in [0.25, 0.3) is 0 Å². The van der Waals surface area contributed by atoms with Gasteiger partial charge >= 0.3 is 0 Å². The zero-order valence-corrected chi connectivity index (χ0v) is 12.0. The Kier molecular flexibility index (Phi) is 3.62. The van der Waals surface area contributed by atoms with Crippen molar-refractivity contribution >= 4 is 23.8 Å². The van der Waals surface area contributed by atoms with Gasteiger partial charge in [0.1, 0.15) is 0 Å². The average molecular weight is 303 g/mol. The van der Waals surface area contributed by atoms with Crippen LogP contribution < -0.4 is 0 Å². The summed E-state index contributed by atoms with van der Waals surface area (Å²) >= 11 is 11.2. The molecule has 2 aromatic heterocycles. The third-order valence-electron chi connectivity index (χ3n) is 2.93. The maximum absolute atomic E-state index is 5.90. The van der Waals surface area contributed by atoms with Crippen molar-refractivity contribution in [3.63, 3.8) is 0 Å². The minimum absolute atomic E-state index is 0.582. The van der Waals surface area contributed by atoms with Gasteiger partial charge in [0.15, 0.2) is 10.6 Å². The summed E-state index contributed by atoms with van der Waals surface area (Å²) in [6.07, 6.45) is 3.50. The summed E-state index contributed by atoms with van der Waals surface area (Å²) in [6, 6.07) is 11.5. The van der Waals surface area contributed by atoms with Gasteiger partial charge in [0.2, 0.25) is 0 Å². The van der Waals surface area contributed by atoms with Crippen molar-refractivity contribution in [2.24, 2.45) is 0 Å². The summed E-state index contributed by atoms with van der Waals surface area (Å²) in [5.41, 5.74) is 2.03. The number of rotatable bonds is 3. The fourth-order valence-electron chi connectivity index (χ4n) is 1.95. The van der Waals surface area contributed by atoms with E-state index in [0.717, 1.165) is 22.0 Å². The molecule has 0 saturated heterocycles. The normalized spacial score (nSPS) is 10.7. The van der Waals surface area contributed by atoms with Crippen LogP contribution in [0.2, 0.25) is 5.02 Å². The summed E-state index contributed by atoms with van der Waals surface area (Å²) in [5.74, 6) is 0.776. The SMILES string of the molecule is S=c1[nH]nc(-c2cccnc2)n1Cc1ccc(Cl)cc1. The van der Waals surface area contributed by atoms with E-state index in [1.807, 2.05) is 41.0 Å². The summed E-state index contributed by atoms with van der Waals surface area (Å²) in [5, 5.41) is 7.83. The predicted molar refractivity (Wildman–Crippen MR) is 81.2 cm³/mol. The topological polar surface area (TPSA) is 46.5 Å². The molecule has 6 heteroatoms. The predicted octanol–water partition coefficient (Wildman–Crippen LogP) is 3.70. The molecular weight excluding hydrogens is 292 g/mol. The van der Waals surface area contributed by atoms with Gasteiger partial charge in [0, 0.05) is 23.0 Å². The van der Waals surface area contributed by atoms with Gasteiger partial charge in [-0.05, 0) is 42.0 Å². The summed E-state index contributed by atoms with van der Waals surface area (Å²) in [6.45, 7) is 0.636. The Bertz CT molecular complexity index is 762. The Morgan fingerprint density at radius 3 is 2.70 bits per heavy atom. The van der Waals surface area contributed by atoms with Crippen molar-refractivity contribution in [3.05, 3.63) is 64.1 Å². The van der Waals surface area contributed by atoms with Gasteiger partial charge in [-0.3, -0.25) is 14.6 Å². The first kappa shape index (κ1) is 13.0. The van der Waals surface area contributed by atoms with Crippen LogP contribution in [-0.4, -0.2) is 19.7 Å². The summed E-state index contributed by atoms with van der Waals surface area (Å²) < 4.78 is 2.52. The highest BCUT2D eigenvalue weighted by atomic mass is 35.5. The Morgan fingerprint density at radius 1 is 1.20 bits per heavy atom. The van der Waals surface area contributed by atoms with Crippen molar-refractivity contribution in [1.82, 2.24) is 19.7 Å². The molecule has 0 radical (unpaired) electrons. The quantitative estimate of drug-likeness (QED) is 0.750. The molecule has 0 saturated carbocycles. The molecule has 3 aromatic rings. The van der Waals surface area contributed by atoms with Gasteiger partial charge in [-0.1, -0.05) is 23.7 Å². The van der Waals surface area contributed by atoms with Gasteiger partial charge in [-0.25, -0.2) is 0 Å². The van der Waals surface area contributed by atoms with Gasteiger partial charge < -0.3 is 0 Å². The first-order chi connectivity index (χ1) is 9.74. The molecule has 2 heterocycles. The van der Waals surface area contributed by atoms with Crippen LogP contribution in [0.5, 0.6) is 0 Å². The summed E-state index contributed by atoms with van der Waals surface area (Å²) in [7, 11) is 0. The van der Waals surface area contributed by atoms with E-state index < -0.39 is 0 Å². The molecule has 0 aliphatic rings. The highest BCUT2D eigenvalue weighted by Gasteiger charge is 2.09. The molecule has 0 atom stereocenters. The van der Waals surface area contributed by atoms with E-state index in [1.165, 1.54) is 0 Å². The minimum Gasteiger partial charge on any atom is -0.296 e. The van der Waals surface area contributed by atoms with Gasteiger partial charge in [-0.2, -0.15) is 5.10 Å². The first-order valence-corrected chi connectivity index (χ1v) is 6.83. The highest BCUT2D eigenvalue weighted by Crippen LogP contribution is 2.18. The lowest BCUT2D eigenvalue weighted by molar-refractivity contribution is 0.790. The molecule has 4 nitrogen and oxygen atoms in total. The van der Waals surface area contributed by atoms with Crippen molar-refractivity contribution in [2.45, 2.75) is 6.54 Å². The maximum Gasteiger partial charge on any atom is 0.195 e. The standard InChI is InChI=1S/C14H11ClN4S/c15-12-5-3-10(4-6-12)9-19-13(17-18-14(19)20)11-2-1-7-16-8-11/h1-8H,9H2,(H,18,20). The van der Waals surface area contributed by atoms with Crippen LogP contribution in [0.1, 0.15) is 5.56 Å². The van der Waals surface area contributed by atoms with E-state index in [0.29, 0.717) is 11.3 Å². The number of hydrogen-bond donors (Lipinski definition) is 1. The first-order valence-electron chi connectivity index (χ1n) is 6.04. The van der Waals surface area contributed by atoms with E-state index in [-0.39, 0.29) is 0 Å². The second-order valence-corrected chi connectivity index (χ2v) is 5.13. The molecule has 20 heavy (non-hydrogen) atoms. The Balaban J connectivity index is 2.00. The lowest BCUT2D eigenvalue weighted by atomic mass is 10.2. The van der Waals surface area contributed by atoms with Crippen LogP contribution in [0.4, 0.5) is 0 Å². The Hall–Kier alpha value is -1.98. The molecule has 0 aliphatic carbocycles. The van der Waals surface area contributed by atoms with E-state index in [9.17, 15) is 0 Å². The molecule has 0 amide bonds. The largest absolute Gasteiger partial charge is 0.296 e. The molecule has 100 valence electrons. The number of pyridine rings is 1. The van der Waals surface area contributed by atoms with E-state index >= 15 is 0 Å². The molecule has 0 bridgehead atoms. The molecule has 1 N–H and O–H groups in total. The zero-order chi connectivity index (χ0) is 13.9. The number of nitrogens with one attached hydrogen (secondary N) is 1. The van der Waals surface area contributed by atoms with Crippen LogP contribution in [0.25, 0.3) is 11.4 Å². The Labute approximate surface area is 126 Å². The fourth-order valence-corrected chi connectivity index (χ4v) is 2.27. The molecular formula is C14H11ClN4S. The van der Waals surface area contributed by atoms with Crippen molar-refractivity contribution < 1.29 is 0 Å². The summed E-state index contributed by atoms with van der Waals surface area (Å²) in [4.78, 5) is 4.11. The smallest absolute Gasteiger partial charge is 0.195 e. The second kappa shape index (κ2) is 5.56. The lowest BCUT2D eigenvalue weighted by Gasteiger charge is -2.07. The van der Waals surface area contributed by atoms with Crippen molar-refractivity contribution in [1.29, 1.82) is 0 Å². The highest BCUT2D eigenvalue weighted by molar-refractivity contribution is 7.71. The molecule has 0 fully saturated rings. The van der Waals surface area contributed by atoms with E-state index in [2.05, 4.69) is 15.2 Å². The monoisotopic (exact) mass is 302 g/mol. The number of halogens is 1. The minimum atomic E-state index is 0.582. The molecule has 0 spiro atoms. The third kappa shape index (κ3) is 2.64. The van der Waals surface area contributed by atoms with Crippen LogP contribution in [-0.2, 0) is 6.54 Å². The van der Waals surface area contributed by atoms with Crippen molar-refractivity contribution in [2.75, 3.05) is 0 Å². The number of hydrogen-bond acceptors (Lipinski definition) is 3. The van der Waals surface area contributed by atoms with Crippen LogP contribution in [0, 0.1) is 4.77 Å². The Morgan fingerprint density at radius 2 is 2.00 bits per heavy atom. The average Bonchev–Trinajstić information content (AvgIpc) is 2.84. The molecule has 0 aliphatic heterocycles. The maximum atomic E-state index is 5.90.